The van der Waals surface area contributed by atoms with Crippen molar-refractivity contribution in [2.45, 2.75) is 38.1 Å². The molecule has 204 valence electrons. The number of ether oxygens (including phenoxy) is 1. The molecule has 1 saturated heterocycles. The third-order valence-corrected chi connectivity index (χ3v) is 6.35. The maximum absolute atomic E-state index is 15.2. The van der Waals surface area contributed by atoms with Gasteiger partial charge in [-0.3, -0.25) is 14.4 Å². The van der Waals surface area contributed by atoms with Gasteiger partial charge >= 0.3 is 5.97 Å². The number of ketones is 1. The standard InChI is InChI=1S/C27H27FN4O7/c1-36-22-7-3-2-5-19(22)30-27-31-20-10-8-16(24(28)25(20)39-27)13-17(33)15-37-32-12-4-6-21(32)26-29-14-18(38-26)9-11-23(34)35/h2-3,5,7-8,10,14,21H,4,6,9,11-13,15H2,1H3,(H,30,31)(H,34,35)/t21-/m0/s1. The van der Waals surface area contributed by atoms with Gasteiger partial charge in [-0.2, -0.15) is 10.0 Å². The summed E-state index contributed by atoms with van der Waals surface area (Å²) in [4.78, 5) is 37.7. The van der Waals surface area contributed by atoms with Crippen molar-refractivity contribution in [1.29, 1.82) is 0 Å². The van der Waals surface area contributed by atoms with Crippen LogP contribution in [0.3, 0.4) is 0 Å². The van der Waals surface area contributed by atoms with Gasteiger partial charge in [0.05, 0.1) is 25.4 Å². The number of aryl methyl sites for hydroxylation is 1. The summed E-state index contributed by atoms with van der Waals surface area (Å²) in [6, 6.07) is 10.1. The van der Waals surface area contributed by atoms with Gasteiger partial charge in [0.2, 0.25) is 5.89 Å². The molecule has 0 amide bonds. The van der Waals surface area contributed by atoms with Crippen LogP contribution in [-0.4, -0.2) is 52.2 Å². The Morgan fingerprint density at radius 2 is 2.08 bits per heavy atom. The number of carbonyl (C=O) groups is 2. The predicted molar refractivity (Wildman–Crippen MR) is 136 cm³/mol. The van der Waals surface area contributed by atoms with Crippen LogP contribution in [0.5, 0.6) is 5.75 Å². The molecule has 2 N–H and O–H groups in total. The average molecular weight is 539 g/mol. The first-order chi connectivity index (χ1) is 18.9. The number of nitrogens with one attached hydrogen (secondary N) is 1. The van der Waals surface area contributed by atoms with Crippen LogP contribution in [0.2, 0.25) is 0 Å². The van der Waals surface area contributed by atoms with E-state index >= 15 is 4.39 Å². The molecule has 1 aliphatic rings. The van der Waals surface area contributed by atoms with E-state index in [1.165, 1.54) is 19.4 Å². The number of benzene rings is 2. The number of nitrogens with zero attached hydrogens (tertiary/aromatic N) is 3. The maximum Gasteiger partial charge on any atom is 0.303 e. The molecule has 3 heterocycles. The molecule has 0 aliphatic carbocycles. The zero-order valence-electron chi connectivity index (χ0n) is 21.2. The van der Waals surface area contributed by atoms with E-state index in [0.29, 0.717) is 35.1 Å². The van der Waals surface area contributed by atoms with E-state index < -0.39 is 11.8 Å². The number of hydrogen-bond acceptors (Lipinski definition) is 10. The van der Waals surface area contributed by atoms with E-state index in [0.717, 1.165) is 12.8 Å². The number of rotatable bonds is 12. The molecule has 5 rings (SSSR count). The average Bonchev–Trinajstić information content (AvgIpc) is 3.68. The van der Waals surface area contributed by atoms with Crippen molar-refractivity contribution >= 4 is 34.6 Å². The number of hydrogen-bond donors (Lipinski definition) is 2. The van der Waals surface area contributed by atoms with E-state index in [2.05, 4.69) is 15.3 Å². The third kappa shape index (κ3) is 6.07. The lowest BCUT2D eigenvalue weighted by Gasteiger charge is -2.21. The van der Waals surface area contributed by atoms with Crippen molar-refractivity contribution in [3.05, 3.63) is 65.6 Å². The van der Waals surface area contributed by atoms with Crippen LogP contribution >= 0.6 is 0 Å². The Morgan fingerprint density at radius 1 is 1.23 bits per heavy atom. The van der Waals surface area contributed by atoms with E-state index in [1.54, 1.807) is 23.3 Å². The molecule has 4 aromatic rings. The number of oxazole rings is 2. The van der Waals surface area contributed by atoms with Crippen molar-refractivity contribution in [2.24, 2.45) is 0 Å². The number of anilines is 2. The lowest BCUT2D eigenvalue weighted by atomic mass is 10.1. The topological polar surface area (TPSA) is 140 Å². The largest absolute Gasteiger partial charge is 0.495 e. The van der Waals surface area contributed by atoms with Crippen LogP contribution < -0.4 is 10.1 Å². The summed E-state index contributed by atoms with van der Waals surface area (Å²) in [7, 11) is 1.54. The van der Waals surface area contributed by atoms with Crippen LogP contribution in [0.25, 0.3) is 11.1 Å². The molecular weight excluding hydrogens is 511 g/mol. The Balaban J connectivity index is 1.20. The molecule has 1 fully saturated rings. The van der Waals surface area contributed by atoms with Crippen LogP contribution in [0.1, 0.15) is 42.5 Å². The van der Waals surface area contributed by atoms with Crippen LogP contribution in [0.15, 0.2) is 51.4 Å². The highest BCUT2D eigenvalue weighted by Gasteiger charge is 2.31. The van der Waals surface area contributed by atoms with Crippen LogP contribution in [0.4, 0.5) is 16.1 Å². The monoisotopic (exact) mass is 538 g/mol. The lowest BCUT2D eigenvalue weighted by Crippen LogP contribution is -2.27. The second-order valence-corrected chi connectivity index (χ2v) is 9.08. The zero-order chi connectivity index (χ0) is 27.4. The first-order valence-corrected chi connectivity index (χ1v) is 12.5. The van der Waals surface area contributed by atoms with E-state index in [-0.39, 0.29) is 54.9 Å². The van der Waals surface area contributed by atoms with Crippen LogP contribution in [0, 0.1) is 5.82 Å². The molecule has 1 aliphatic heterocycles. The van der Waals surface area contributed by atoms with Gasteiger partial charge in [0.1, 0.15) is 29.7 Å². The van der Waals surface area contributed by atoms with Crippen molar-refractivity contribution in [3.8, 4) is 5.75 Å². The van der Waals surface area contributed by atoms with Gasteiger partial charge in [-0.05, 0) is 36.6 Å². The Bertz CT molecular complexity index is 1480. The third-order valence-electron chi connectivity index (χ3n) is 6.35. The number of aliphatic carboxylic acids is 1. The highest BCUT2D eigenvalue weighted by atomic mass is 19.1. The Kier molecular flexibility index (Phi) is 7.84. The van der Waals surface area contributed by atoms with Gasteiger partial charge < -0.3 is 24.0 Å². The number of aromatic nitrogens is 2. The normalized spacial score (nSPS) is 15.6. The number of carboxylic acid groups (broad SMARTS) is 1. The Labute approximate surface area is 222 Å². The fraction of sp³-hybridized carbons (Fsp3) is 0.333. The molecule has 2 aromatic heterocycles. The van der Waals surface area contributed by atoms with E-state index in [9.17, 15) is 9.59 Å². The smallest absolute Gasteiger partial charge is 0.303 e. The summed E-state index contributed by atoms with van der Waals surface area (Å²) in [5.74, 6) is -0.418. The molecular formula is C27H27FN4O7. The molecule has 11 nitrogen and oxygen atoms in total. The molecule has 1 atom stereocenters. The number of Topliss-reactive ketones (excluding diaryl/α,β-unsaturated/α-hetero) is 1. The van der Waals surface area contributed by atoms with Gasteiger partial charge in [0.15, 0.2) is 17.2 Å². The summed E-state index contributed by atoms with van der Waals surface area (Å²) in [5, 5.41) is 13.5. The number of para-hydroxylation sites is 2. The number of hydroxylamine groups is 2. The molecule has 2 aromatic carbocycles. The molecule has 0 saturated carbocycles. The first kappa shape index (κ1) is 26.3. The molecule has 0 spiro atoms. The van der Waals surface area contributed by atoms with Crippen molar-refractivity contribution in [1.82, 2.24) is 15.0 Å². The van der Waals surface area contributed by atoms with Gasteiger partial charge in [0.25, 0.3) is 6.01 Å². The van der Waals surface area contributed by atoms with E-state index in [4.69, 9.17) is 23.5 Å². The van der Waals surface area contributed by atoms with Crippen molar-refractivity contribution in [3.63, 3.8) is 0 Å². The number of fused-ring (bicyclic) bond motifs is 1. The second-order valence-electron chi connectivity index (χ2n) is 9.08. The van der Waals surface area contributed by atoms with Gasteiger partial charge in [0, 0.05) is 19.4 Å². The highest BCUT2D eigenvalue weighted by molar-refractivity contribution is 5.84. The number of carboxylic acids is 1. The maximum atomic E-state index is 15.2. The van der Waals surface area contributed by atoms with Gasteiger partial charge in [-0.15, -0.1) is 0 Å². The highest BCUT2D eigenvalue weighted by Crippen LogP contribution is 2.33. The molecule has 0 radical (unpaired) electrons. The molecule has 0 unspecified atom stereocenters. The molecule has 0 bridgehead atoms. The SMILES string of the molecule is COc1ccccc1Nc1nc2ccc(CC(=O)CON3CCC[C@H]3c3ncc(CCC(=O)O)o3)c(F)c2o1. The summed E-state index contributed by atoms with van der Waals surface area (Å²) in [6.45, 7) is 0.322. The first-order valence-electron chi connectivity index (χ1n) is 12.5. The summed E-state index contributed by atoms with van der Waals surface area (Å²) in [5.41, 5.74) is 1.04. The quantitative estimate of drug-likeness (QED) is 0.261. The van der Waals surface area contributed by atoms with Crippen molar-refractivity contribution < 1.29 is 37.5 Å². The Hall–Kier alpha value is -4.29. The Morgan fingerprint density at radius 3 is 2.90 bits per heavy atom. The predicted octanol–water partition coefficient (Wildman–Crippen LogP) is 4.60. The lowest BCUT2D eigenvalue weighted by molar-refractivity contribution is -0.179. The second kappa shape index (κ2) is 11.6. The van der Waals surface area contributed by atoms with E-state index in [1.807, 2.05) is 12.1 Å². The number of carbonyl (C=O) groups excluding carboxylic acids is 1. The van der Waals surface area contributed by atoms with Gasteiger partial charge in [-0.1, -0.05) is 18.2 Å². The molecule has 39 heavy (non-hydrogen) atoms. The minimum absolute atomic E-state index is 0.0516. The zero-order valence-corrected chi connectivity index (χ0v) is 21.2. The van der Waals surface area contributed by atoms with Gasteiger partial charge in [-0.25, -0.2) is 9.37 Å². The minimum atomic E-state index is -0.916. The fourth-order valence-corrected chi connectivity index (χ4v) is 4.44. The number of halogens is 1. The summed E-state index contributed by atoms with van der Waals surface area (Å²) >= 11 is 0. The van der Waals surface area contributed by atoms with Crippen LogP contribution in [-0.2, 0) is 27.3 Å². The minimum Gasteiger partial charge on any atom is -0.495 e. The fourth-order valence-electron chi connectivity index (χ4n) is 4.44. The summed E-state index contributed by atoms with van der Waals surface area (Å²) in [6.07, 6.45) is 3.05. The molecule has 12 heteroatoms. The van der Waals surface area contributed by atoms with Crippen molar-refractivity contribution in [2.75, 3.05) is 25.6 Å². The number of methoxy groups -OCH3 is 1. The summed E-state index contributed by atoms with van der Waals surface area (Å²) < 4.78 is 31.8.